The van der Waals surface area contributed by atoms with Crippen LogP contribution in [0.25, 0.3) is 11.3 Å². The highest BCUT2D eigenvalue weighted by Gasteiger charge is 2.29. The van der Waals surface area contributed by atoms with E-state index < -0.39 is 36.1 Å². The van der Waals surface area contributed by atoms with Crippen LogP contribution < -0.4 is 4.72 Å². The molecule has 0 aliphatic carbocycles. The molecule has 0 unspecified atom stereocenters. The van der Waals surface area contributed by atoms with E-state index in [1.54, 1.807) is 29.6 Å². The summed E-state index contributed by atoms with van der Waals surface area (Å²) in [6.07, 6.45) is 0. The Kier molecular flexibility index (Phi) is 4.83. The quantitative estimate of drug-likeness (QED) is 0.487. The van der Waals surface area contributed by atoms with Crippen molar-refractivity contribution >= 4 is 37.9 Å². The van der Waals surface area contributed by atoms with Gasteiger partial charge in [0.1, 0.15) is 0 Å². The molecule has 0 amide bonds. The number of nitrogens with one attached hydrogen (secondary N) is 1. The number of nitro groups is 2. The van der Waals surface area contributed by atoms with Gasteiger partial charge in [0.2, 0.25) is 0 Å². The molecule has 0 aliphatic rings. The van der Waals surface area contributed by atoms with Crippen molar-refractivity contribution in [2.75, 3.05) is 4.72 Å². The van der Waals surface area contributed by atoms with Crippen molar-refractivity contribution in [1.82, 2.24) is 4.98 Å². The van der Waals surface area contributed by atoms with E-state index >= 15 is 0 Å². The van der Waals surface area contributed by atoms with E-state index in [0.717, 1.165) is 29.0 Å². The van der Waals surface area contributed by atoms with Gasteiger partial charge >= 0.3 is 0 Å². The lowest BCUT2D eigenvalue weighted by Gasteiger charge is -2.06. The zero-order valence-corrected chi connectivity index (χ0v) is 14.9. The van der Waals surface area contributed by atoms with Crippen molar-refractivity contribution in [3.8, 4) is 11.3 Å². The second kappa shape index (κ2) is 7.09. The van der Waals surface area contributed by atoms with Gasteiger partial charge in [-0.2, -0.15) is 0 Å². The van der Waals surface area contributed by atoms with Gasteiger partial charge in [-0.3, -0.25) is 25.0 Å². The van der Waals surface area contributed by atoms with E-state index in [1.165, 1.54) is 0 Å². The van der Waals surface area contributed by atoms with Crippen LogP contribution in [0.4, 0.5) is 16.5 Å². The summed E-state index contributed by atoms with van der Waals surface area (Å²) in [5.41, 5.74) is -0.158. The standard InChI is InChI=1S/C15H10N4O6S2/c20-18(21)11-6-7-14(13(8-11)19(22)23)27(24,25)17-15-16-12(9-26-15)10-4-2-1-3-5-10/h1-9H,(H,16,17). The van der Waals surface area contributed by atoms with E-state index in [-0.39, 0.29) is 5.13 Å². The first kappa shape index (κ1) is 18.4. The van der Waals surface area contributed by atoms with E-state index in [4.69, 9.17) is 0 Å². The molecule has 1 aromatic heterocycles. The normalized spacial score (nSPS) is 11.1. The van der Waals surface area contributed by atoms with Gasteiger partial charge in [-0.1, -0.05) is 30.3 Å². The fourth-order valence-corrected chi connectivity index (χ4v) is 4.35. The van der Waals surface area contributed by atoms with Crippen LogP contribution in [-0.4, -0.2) is 23.2 Å². The fourth-order valence-electron chi connectivity index (χ4n) is 2.22. The van der Waals surface area contributed by atoms with Gasteiger partial charge in [0, 0.05) is 17.0 Å². The SMILES string of the molecule is O=[N+]([O-])c1ccc(S(=O)(=O)Nc2nc(-c3ccccc3)cs2)c([N+](=O)[O-])c1. The van der Waals surface area contributed by atoms with Gasteiger partial charge in [0.15, 0.2) is 10.0 Å². The largest absolute Gasteiger partial charge is 0.296 e. The summed E-state index contributed by atoms with van der Waals surface area (Å²) >= 11 is 1.01. The monoisotopic (exact) mass is 406 g/mol. The predicted octanol–water partition coefficient (Wildman–Crippen LogP) is 3.43. The Labute approximate surface area is 156 Å². The van der Waals surface area contributed by atoms with Crippen molar-refractivity contribution in [2.24, 2.45) is 0 Å². The van der Waals surface area contributed by atoms with E-state index in [1.807, 2.05) is 6.07 Å². The number of non-ortho nitro benzene ring substituents is 1. The number of hydrogen-bond donors (Lipinski definition) is 1. The molecule has 12 heteroatoms. The van der Waals surface area contributed by atoms with Gasteiger partial charge < -0.3 is 0 Å². The Morgan fingerprint density at radius 2 is 1.70 bits per heavy atom. The third-order valence-electron chi connectivity index (χ3n) is 3.43. The Balaban J connectivity index is 1.95. The summed E-state index contributed by atoms with van der Waals surface area (Å²) in [6, 6.07) is 11.3. The van der Waals surface area contributed by atoms with Crippen LogP contribution in [0.2, 0.25) is 0 Å². The van der Waals surface area contributed by atoms with Crippen molar-refractivity contribution in [2.45, 2.75) is 4.90 Å². The third kappa shape index (κ3) is 3.91. The Morgan fingerprint density at radius 1 is 1.00 bits per heavy atom. The van der Waals surface area contributed by atoms with Crippen LogP contribution in [0.1, 0.15) is 0 Å². The maximum Gasteiger partial charge on any atom is 0.296 e. The average Bonchev–Trinajstić information content (AvgIpc) is 3.09. The third-order valence-corrected chi connectivity index (χ3v) is 5.71. The van der Waals surface area contributed by atoms with Crippen molar-refractivity contribution in [1.29, 1.82) is 0 Å². The smallest absolute Gasteiger partial charge is 0.258 e. The minimum atomic E-state index is -4.37. The predicted molar refractivity (Wildman–Crippen MR) is 98.1 cm³/mol. The Hall–Kier alpha value is -3.38. The molecule has 0 bridgehead atoms. The van der Waals surface area contributed by atoms with E-state index in [0.29, 0.717) is 11.8 Å². The lowest BCUT2D eigenvalue weighted by atomic mass is 10.2. The van der Waals surface area contributed by atoms with Crippen LogP contribution in [0.5, 0.6) is 0 Å². The molecule has 0 fully saturated rings. The average molecular weight is 406 g/mol. The highest BCUT2D eigenvalue weighted by molar-refractivity contribution is 7.93. The van der Waals surface area contributed by atoms with Gasteiger partial charge in [-0.15, -0.1) is 11.3 Å². The molecule has 0 atom stereocenters. The first-order valence-corrected chi connectivity index (χ1v) is 9.61. The molecule has 1 heterocycles. The number of benzene rings is 2. The first-order valence-electron chi connectivity index (χ1n) is 7.24. The molecule has 138 valence electrons. The van der Waals surface area contributed by atoms with Gasteiger partial charge in [0.25, 0.3) is 21.4 Å². The molecule has 0 radical (unpaired) electrons. The molecule has 0 aliphatic heterocycles. The lowest BCUT2D eigenvalue weighted by molar-refractivity contribution is -0.396. The number of thiazole rings is 1. The summed E-state index contributed by atoms with van der Waals surface area (Å²) in [5, 5.41) is 23.6. The van der Waals surface area contributed by atoms with Crippen molar-refractivity contribution in [3.05, 3.63) is 74.1 Å². The maximum absolute atomic E-state index is 12.5. The summed E-state index contributed by atoms with van der Waals surface area (Å²) in [5.74, 6) is 0. The highest BCUT2D eigenvalue weighted by atomic mass is 32.2. The molecule has 0 saturated carbocycles. The Bertz CT molecular complexity index is 1130. The second-order valence-corrected chi connectivity index (χ2v) is 7.68. The van der Waals surface area contributed by atoms with Gasteiger partial charge in [-0.05, 0) is 6.07 Å². The molecule has 0 spiro atoms. The number of rotatable bonds is 6. The minimum absolute atomic E-state index is 0.0153. The van der Waals surface area contributed by atoms with Crippen LogP contribution in [-0.2, 0) is 10.0 Å². The summed E-state index contributed by atoms with van der Waals surface area (Å²) in [7, 11) is -4.37. The van der Waals surface area contributed by atoms with Crippen molar-refractivity contribution in [3.63, 3.8) is 0 Å². The summed E-state index contributed by atoms with van der Waals surface area (Å²) in [4.78, 5) is 23.6. The van der Waals surface area contributed by atoms with Crippen LogP contribution >= 0.6 is 11.3 Å². The molecule has 3 rings (SSSR count). The van der Waals surface area contributed by atoms with Crippen LogP contribution in [0, 0.1) is 20.2 Å². The molecule has 3 aromatic rings. The molecule has 27 heavy (non-hydrogen) atoms. The lowest BCUT2D eigenvalue weighted by Crippen LogP contribution is -2.14. The molecule has 10 nitrogen and oxygen atoms in total. The number of nitro benzene ring substituents is 2. The van der Waals surface area contributed by atoms with E-state index in [2.05, 4.69) is 9.71 Å². The molecular formula is C15H10N4O6S2. The Morgan fingerprint density at radius 3 is 2.33 bits per heavy atom. The van der Waals surface area contributed by atoms with Crippen LogP contribution in [0.15, 0.2) is 58.8 Å². The zero-order chi connectivity index (χ0) is 19.6. The highest BCUT2D eigenvalue weighted by Crippen LogP contribution is 2.31. The number of sulfonamides is 1. The number of aromatic nitrogens is 1. The van der Waals surface area contributed by atoms with Crippen molar-refractivity contribution < 1.29 is 18.3 Å². The molecule has 2 aromatic carbocycles. The first-order chi connectivity index (χ1) is 12.8. The number of anilines is 1. The maximum atomic E-state index is 12.5. The second-order valence-electron chi connectivity index (χ2n) is 5.18. The summed E-state index contributed by atoms with van der Waals surface area (Å²) < 4.78 is 27.2. The summed E-state index contributed by atoms with van der Waals surface area (Å²) in [6.45, 7) is 0. The fraction of sp³-hybridized carbons (Fsp3) is 0. The molecular weight excluding hydrogens is 396 g/mol. The van der Waals surface area contributed by atoms with E-state index in [9.17, 15) is 28.6 Å². The topological polar surface area (TPSA) is 145 Å². The molecule has 1 N–H and O–H groups in total. The number of nitrogens with zero attached hydrogens (tertiary/aromatic N) is 3. The molecule has 0 saturated heterocycles. The zero-order valence-electron chi connectivity index (χ0n) is 13.3. The van der Waals surface area contributed by atoms with Gasteiger partial charge in [-0.25, -0.2) is 13.4 Å². The number of hydrogen-bond acceptors (Lipinski definition) is 8. The minimum Gasteiger partial charge on any atom is -0.258 e. The van der Waals surface area contributed by atoms with Crippen LogP contribution in [0.3, 0.4) is 0 Å². The van der Waals surface area contributed by atoms with Gasteiger partial charge in [0.05, 0.1) is 21.6 Å².